The van der Waals surface area contributed by atoms with Crippen LogP contribution in [-0.2, 0) is 19.5 Å². The van der Waals surface area contributed by atoms with Crippen molar-refractivity contribution >= 4 is 22.6 Å². The highest BCUT2D eigenvalue weighted by atomic mass is 35.5. The van der Waals surface area contributed by atoms with Crippen LogP contribution in [0, 0.1) is 0 Å². The number of hydrogen-bond acceptors (Lipinski definition) is 3. The molecule has 0 aromatic carbocycles. The van der Waals surface area contributed by atoms with Crippen LogP contribution in [-0.4, -0.2) is 24.3 Å². The maximum Gasteiger partial charge on any atom is 0.125 e. The van der Waals surface area contributed by atoms with Crippen LogP contribution in [0.25, 0.3) is 11.0 Å². The molecule has 0 radical (unpaired) electrons. The first-order valence-corrected chi connectivity index (χ1v) is 6.15. The standard InChI is InChI=1S/C12H12ClN5/c1-17-5-3-9(16-17)8-18-11-2-4-14-7-10(11)15-12(18)6-13/h2-5,7H,6,8H2,1H3. The Kier molecular flexibility index (Phi) is 2.76. The number of imidazole rings is 1. The van der Waals surface area contributed by atoms with E-state index in [0.717, 1.165) is 22.6 Å². The zero-order chi connectivity index (χ0) is 12.5. The molecular formula is C12H12ClN5. The molecule has 0 aliphatic rings. The Morgan fingerprint density at radius 1 is 1.33 bits per heavy atom. The third-order valence-electron chi connectivity index (χ3n) is 2.84. The van der Waals surface area contributed by atoms with Gasteiger partial charge in [0, 0.05) is 19.4 Å². The SMILES string of the molecule is Cn1ccc(Cn2c(CCl)nc3cnccc32)n1. The van der Waals surface area contributed by atoms with Crippen LogP contribution in [0.4, 0.5) is 0 Å². The molecule has 0 amide bonds. The Morgan fingerprint density at radius 3 is 2.94 bits per heavy atom. The van der Waals surface area contributed by atoms with E-state index in [1.807, 2.05) is 25.4 Å². The van der Waals surface area contributed by atoms with E-state index in [1.54, 1.807) is 17.1 Å². The highest BCUT2D eigenvalue weighted by molar-refractivity contribution is 6.16. The van der Waals surface area contributed by atoms with E-state index in [1.165, 1.54) is 0 Å². The number of rotatable bonds is 3. The molecule has 3 rings (SSSR count). The third kappa shape index (κ3) is 1.86. The predicted molar refractivity (Wildman–Crippen MR) is 69.4 cm³/mol. The molecular weight excluding hydrogens is 250 g/mol. The van der Waals surface area contributed by atoms with E-state index >= 15 is 0 Å². The predicted octanol–water partition coefficient (Wildman–Crippen LogP) is 1.95. The van der Waals surface area contributed by atoms with Crippen molar-refractivity contribution in [3.05, 3.63) is 42.2 Å². The van der Waals surface area contributed by atoms with Crippen LogP contribution in [0.15, 0.2) is 30.7 Å². The molecule has 0 saturated heterocycles. The topological polar surface area (TPSA) is 48.5 Å². The van der Waals surface area contributed by atoms with Crippen molar-refractivity contribution in [2.24, 2.45) is 7.05 Å². The van der Waals surface area contributed by atoms with Gasteiger partial charge in [0.25, 0.3) is 0 Å². The van der Waals surface area contributed by atoms with Gasteiger partial charge in [-0.25, -0.2) is 4.98 Å². The Bertz CT molecular complexity index is 685. The van der Waals surface area contributed by atoms with Gasteiger partial charge in [0.1, 0.15) is 11.3 Å². The number of aryl methyl sites for hydroxylation is 1. The van der Waals surface area contributed by atoms with Crippen LogP contribution in [0.5, 0.6) is 0 Å². The number of alkyl halides is 1. The third-order valence-corrected chi connectivity index (χ3v) is 3.08. The van der Waals surface area contributed by atoms with Crippen molar-refractivity contribution in [3.8, 4) is 0 Å². The zero-order valence-corrected chi connectivity index (χ0v) is 10.7. The summed E-state index contributed by atoms with van der Waals surface area (Å²) in [6, 6.07) is 3.94. The summed E-state index contributed by atoms with van der Waals surface area (Å²) in [6.45, 7) is 0.670. The molecule has 3 aromatic heterocycles. The van der Waals surface area contributed by atoms with Crippen LogP contribution in [0.3, 0.4) is 0 Å². The van der Waals surface area contributed by atoms with Crippen molar-refractivity contribution in [1.29, 1.82) is 0 Å². The molecule has 92 valence electrons. The first-order valence-electron chi connectivity index (χ1n) is 5.61. The van der Waals surface area contributed by atoms with E-state index in [2.05, 4.69) is 19.6 Å². The van der Waals surface area contributed by atoms with E-state index in [0.29, 0.717) is 12.4 Å². The Labute approximate surface area is 109 Å². The molecule has 0 bridgehead atoms. The summed E-state index contributed by atoms with van der Waals surface area (Å²) < 4.78 is 3.86. The summed E-state index contributed by atoms with van der Waals surface area (Å²) in [4.78, 5) is 8.54. The van der Waals surface area contributed by atoms with Gasteiger partial charge in [0.2, 0.25) is 0 Å². The molecule has 18 heavy (non-hydrogen) atoms. The molecule has 0 fully saturated rings. The van der Waals surface area contributed by atoms with Gasteiger partial charge in [-0.2, -0.15) is 5.10 Å². The van der Waals surface area contributed by atoms with Crippen molar-refractivity contribution in [2.45, 2.75) is 12.4 Å². The summed E-state index contributed by atoms with van der Waals surface area (Å²) in [5.74, 6) is 1.21. The molecule has 0 atom stereocenters. The molecule has 0 saturated carbocycles. The summed E-state index contributed by atoms with van der Waals surface area (Å²) in [5, 5.41) is 4.38. The minimum atomic E-state index is 0.377. The number of halogens is 1. The first-order chi connectivity index (χ1) is 8.78. The number of aromatic nitrogens is 5. The monoisotopic (exact) mass is 261 g/mol. The molecule has 3 heterocycles. The minimum Gasteiger partial charge on any atom is -0.321 e. The summed E-state index contributed by atoms with van der Waals surface area (Å²) >= 11 is 5.95. The van der Waals surface area contributed by atoms with Gasteiger partial charge < -0.3 is 4.57 Å². The summed E-state index contributed by atoms with van der Waals surface area (Å²) in [5.41, 5.74) is 2.88. The Hall–Kier alpha value is -1.88. The van der Waals surface area contributed by atoms with Gasteiger partial charge in [-0.1, -0.05) is 0 Å². The largest absolute Gasteiger partial charge is 0.321 e. The van der Waals surface area contributed by atoms with Crippen LogP contribution in [0.2, 0.25) is 0 Å². The van der Waals surface area contributed by atoms with E-state index in [4.69, 9.17) is 11.6 Å². The van der Waals surface area contributed by atoms with Crippen LogP contribution >= 0.6 is 11.6 Å². The zero-order valence-electron chi connectivity index (χ0n) is 9.91. The lowest BCUT2D eigenvalue weighted by Crippen LogP contribution is -2.05. The molecule has 6 heteroatoms. The smallest absolute Gasteiger partial charge is 0.125 e. The van der Waals surface area contributed by atoms with E-state index in [9.17, 15) is 0 Å². The van der Waals surface area contributed by atoms with E-state index in [-0.39, 0.29) is 0 Å². The van der Waals surface area contributed by atoms with Crippen LogP contribution < -0.4 is 0 Å². The second kappa shape index (κ2) is 4.42. The van der Waals surface area contributed by atoms with E-state index < -0.39 is 0 Å². The summed E-state index contributed by atoms with van der Waals surface area (Å²) in [6.07, 6.45) is 5.44. The Balaban J connectivity index is 2.09. The maximum absolute atomic E-state index is 5.95. The molecule has 0 aliphatic carbocycles. The highest BCUT2D eigenvalue weighted by Gasteiger charge is 2.11. The molecule has 0 spiro atoms. The quantitative estimate of drug-likeness (QED) is 0.677. The number of nitrogens with zero attached hydrogens (tertiary/aromatic N) is 5. The van der Waals surface area contributed by atoms with Gasteiger partial charge >= 0.3 is 0 Å². The second-order valence-electron chi connectivity index (χ2n) is 4.09. The van der Waals surface area contributed by atoms with Crippen molar-refractivity contribution in [1.82, 2.24) is 24.3 Å². The number of fused-ring (bicyclic) bond motifs is 1. The summed E-state index contributed by atoms with van der Waals surface area (Å²) in [7, 11) is 1.90. The average Bonchev–Trinajstić information content (AvgIpc) is 2.94. The van der Waals surface area contributed by atoms with Crippen LogP contribution in [0.1, 0.15) is 11.5 Å². The fourth-order valence-corrected chi connectivity index (χ4v) is 2.22. The van der Waals surface area contributed by atoms with Gasteiger partial charge in [-0.15, -0.1) is 11.6 Å². The lowest BCUT2D eigenvalue weighted by atomic mass is 10.3. The van der Waals surface area contributed by atoms with Gasteiger partial charge in [-0.05, 0) is 12.1 Å². The lowest BCUT2D eigenvalue weighted by molar-refractivity contribution is 0.701. The normalized spacial score (nSPS) is 11.2. The highest BCUT2D eigenvalue weighted by Crippen LogP contribution is 2.17. The van der Waals surface area contributed by atoms with Crippen molar-refractivity contribution < 1.29 is 0 Å². The first kappa shape index (κ1) is 11.2. The number of pyridine rings is 1. The minimum absolute atomic E-state index is 0.377. The molecule has 0 N–H and O–H groups in total. The fraction of sp³-hybridized carbons (Fsp3) is 0.250. The van der Waals surface area contributed by atoms with Gasteiger partial charge in [0.05, 0.1) is 29.8 Å². The maximum atomic E-state index is 5.95. The van der Waals surface area contributed by atoms with Gasteiger partial charge in [-0.3, -0.25) is 9.67 Å². The lowest BCUT2D eigenvalue weighted by Gasteiger charge is -2.05. The second-order valence-corrected chi connectivity index (χ2v) is 4.36. The van der Waals surface area contributed by atoms with Gasteiger partial charge in [0.15, 0.2) is 0 Å². The Morgan fingerprint density at radius 2 is 2.22 bits per heavy atom. The molecule has 3 aromatic rings. The fourth-order valence-electron chi connectivity index (χ4n) is 2.02. The van der Waals surface area contributed by atoms with Crippen molar-refractivity contribution in [2.75, 3.05) is 0 Å². The average molecular weight is 262 g/mol. The molecule has 0 unspecified atom stereocenters. The number of hydrogen-bond donors (Lipinski definition) is 0. The molecule has 5 nitrogen and oxygen atoms in total. The van der Waals surface area contributed by atoms with Crippen molar-refractivity contribution in [3.63, 3.8) is 0 Å². The molecule has 0 aliphatic heterocycles.